The number of hydrogen-bond donors (Lipinski definition) is 1. The molecule has 0 radical (unpaired) electrons. The quantitative estimate of drug-likeness (QED) is 0.874. The van der Waals surface area contributed by atoms with Crippen LogP contribution in [-0.2, 0) is 14.3 Å². The van der Waals surface area contributed by atoms with Crippen molar-refractivity contribution in [3.8, 4) is 0 Å². The number of carbonyl (C=O) groups is 2. The van der Waals surface area contributed by atoms with Crippen LogP contribution in [0.4, 0.5) is 5.13 Å². The summed E-state index contributed by atoms with van der Waals surface area (Å²) in [5.74, 6) is -0.449. The van der Waals surface area contributed by atoms with Crippen molar-refractivity contribution in [1.29, 1.82) is 0 Å². The smallest absolute Gasteiger partial charge is 0.231 e. The first-order chi connectivity index (χ1) is 9.11. The SMILES string of the molecule is COC[C@H](C)N1C[C@@H](C(=O)Nc2nccs2)CC1=O. The molecular formula is C12H17N3O3S. The summed E-state index contributed by atoms with van der Waals surface area (Å²) >= 11 is 1.36. The molecule has 7 heteroatoms. The first-order valence-corrected chi connectivity index (χ1v) is 6.98. The Bertz CT molecular complexity index is 449. The summed E-state index contributed by atoms with van der Waals surface area (Å²) in [5.41, 5.74) is 0. The van der Waals surface area contributed by atoms with Gasteiger partial charge in [0.05, 0.1) is 18.6 Å². The van der Waals surface area contributed by atoms with Crippen molar-refractivity contribution in [2.75, 3.05) is 25.6 Å². The lowest BCUT2D eigenvalue weighted by atomic mass is 10.1. The van der Waals surface area contributed by atoms with Crippen molar-refractivity contribution in [3.05, 3.63) is 11.6 Å². The predicted octanol–water partition coefficient (Wildman–Crippen LogP) is 0.965. The van der Waals surface area contributed by atoms with E-state index >= 15 is 0 Å². The van der Waals surface area contributed by atoms with Gasteiger partial charge in [-0.1, -0.05) is 0 Å². The van der Waals surface area contributed by atoms with E-state index in [-0.39, 0.29) is 30.2 Å². The third-order valence-corrected chi connectivity index (χ3v) is 3.82. The molecule has 2 heterocycles. The van der Waals surface area contributed by atoms with Gasteiger partial charge >= 0.3 is 0 Å². The average molecular weight is 283 g/mol. The molecule has 0 unspecified atom stereocenters. The minimum Gasteiger partial charge on any atom is -0.383 e. The van der Waals surface area contributed by atoms with Gasteiger partial charge in [-0.2, -0.15) is 0 Å². The van der Waals surface area contributed by atoms with Crippen LogP contribution in [-0.4, -0.2) is 48.0 Å². The fourth-order valence-electron chi connectivity index (χ4n) is 2.16. The minimum atomic E-state index is -0.310. The molecule has 104 valence electrons. The highest BCUT2D eigenvalue weighted by atomic mass is 32.1. The van der Waals surface area contributed by atoms with E-state index in [9.17, 15) is 9.59 Å². The molecule has 1 saturated heterocycles. The Balaban J connectivity index is 1.93. The molecule has 6 nitrogen and oxygen atoms in total. The van der Waals surface area contributed by atoms with E-state index in [2.05, 4.69) is 10.3 Å². The van der Waals surface area contributed by atoms with Crippen LogP contribution in [0.5, 0.6) is 0 Å². The lowest BCUT2D eigenvalue weighted by Crippen LogP contribution is -2.38. The Hall–Kier alpha value is -1.47. The van der Waals surface area contributed by atoms with Gasteiger partial charge in [0.25, 0.3) is 0 Å². The van der Waals surface area contributed by atoms with Gasteiger partial charge in [0.1, 0.15) is 0 Å². The summed E-state index contributed by atoms with van der Waals surface area (Å²) in [6.07, 6.45) is 1.89. The summed E-state index contributed by atoms with van der Waals surface area (Å²) < 4.78 is 5.04. The first kappa shape index (κ1) is 14.0. The molecular weight excluding hydrogens is 266 g/mol. The molecule has 0 aliphatic carbocycles. The second kappa shape index (κ2) is 6.12. The van der Waals surface area contributed by atoms with Crippen molar-refractivity contribution in [1.82, 2.24) is 9.88 Å². The number of aromatic nitrogens is 1. The summed E-state index contributed by atoms with van der Waals surface area (Å²) in [4.78, 5) is 29.6. The summed E-state index contributed by atoms with van der Waals surface area (Å²) in [6, 6.07) is -0.00448. The zero-order valence-corrected chi connectivity index (χ0v) is 11.8. The van der Waals surface area contributed by atoms with Crippen LogP contribution in [0.15, 0.2) is 11.6 Å². The van der Waals surface area contributed by atoms with Crippen molar-refractivity contribution in [2.24, 2.45) is 5.92 Å². The number of thiazole rings is 1. The summed E-state index contributed by atoms with van der Waals surface area (Å²) in [6.45, 7) is 2.84. The van der Waals surface area contributed by atoms with Crippen LogP contribution in [0.3, 0.4) is 0 Å². The number of rotatable bonds is 5. The summed E-state index contributed by atoms with van der Waals surface area (Å²) in [7, 11) is 1.60. The average Bonchev–Trinajstić information content (AvgIpc) is 2.98. The second-order valence-corrected chi connectivity index (χ2v) is 5.47. The molecule has 2 rings (SSSR count). The number of nitrogens with one attached hydrogen (secondary N) is 1. The van der Waals surface area contributed by atoms with Gasteiger partial charge in [-0.05, 0) is 6.92 Å². The van der Waals surface area contributed by atoms with Crippen LogP contribution in [0.1, 0.15) is 13.3 Å². The zero-order valence-electron chi connectivity index (χ0n) is 11.0. The molecule has 1 fully saturated rings. The van der Waals surface area contributed by atoms with Crippen LogP contribution in [0, 0.1) is 5.92 Å². The van der Waals surface area contributed by atoms with E-state index < -0.39 is 0 Å². The zero-order chi connectivity index (χ0) is 13.8. The largest absolute Gasteiger partial charge is 0.383 e. The van der Waals surface area contributed by atoms with E-state index in [1.807, 2.05) is 6.92 Å². The maximum absolute atomic E-state index is 12.0. The van der Waals surface area contributed by atoms with Gasteiger partial charge in [0.2, 0.25) is 11.8 Å². The number of hydrogen-bond acceptors (Lipinski definition) is 5. The Morgan fingerprint density at radius 3 is 3.16 bits per heavy atom. The van der Waals surface area contributed by atoms with E-state index in [0.717, 1.165) is 0 Å². The van der Waals surface area contributed by atoms with Crippen molar-refractivity contribution in [3.63, 3.8) is 0 Å². The Morgan fingerprint density at radius 1 is 1.74 bits per heavy atom. The van der Waals surface area contributed by atoms with E-state index in [1.165, 1.54) is 11.3 Å². The number of amides is 2. The van der Waals surface area contributed by atoms with Crippen LogP contribution in [0.2, 0.25) is 0 Å². The van der Waals surface area contributed by atoms with Crippen molar-refractivity contribution < 1.29 is 14.3 Å². The van der Waals surface area contributed by atoms with Crippen molar-refractivity contribution in [2.45, 2.75) is 19.4 Å². The van der Waals surface area contributed by atoms with Gasteiger partial charge in [-0.3, -0.25) is 9.59 Å². The molecule has 0 bridgehead atoms. The van der Waals surface area contributed by atoms with Crippen molar-refractivity contribution >= 4 is 28.3 Å². The third-order valence-electron chi connectivity index (χ3n) is 3.13. The molecule has 1 N–H and O–H groups in total. The molecule has 2 atom stereocenters. The summed E-state index contributed by atoms with van der Waals surface area (Å²) in [5, 5.41) is 5.10. The molecule has 0 saturated carbocycles. The predicted molar refractivity (Wildman–Crippen MR) is 71.9 cm³/mol. The minimum absolute atomic E-state index is 0.00355. The van der Waals surface area contributed by atoms with E-state index in [1.54, 1.807) is 23.6 Å². The second-order valence-electron chi connectivity index (χ2n) is 4.58. The maximum atomic E-state index is 12.0. The topological polar surface area (TPSA) is 71.5 Å². The maximum Gasteiger partial charge on any atom is 0.231 e. The van der Waals surface area contributed by atoms with Crippen LogP contribution in [0.25, 0.3) is 0 Å². The molecule has 1 aliphatic heterocycles. The molecule has 19 heavy (non-hydrogen) atoms. The number of carbonyl (C=O) groups excluding carboxylic acids is 2. The van der Waals surface area contributed by atoms with E-state index in [0.29, 0.717) is 18.3 Å². The standard InChI is InChI=1S/C12H17N3O3S/c1-8(7-18-2)15-6-9(5-10(15)16)11(17)14-12-13-3-4-19-12/h3-4,8-9H,5-7H2,1-2H3,(H,13,14,17)/t8-,9-/m0/s1. The highest BCUT2D eigenvalue weighted by molar-refractivity contribution is 7.13. The molecule has 1 aromatic rings. The van der Waals surface area contributed by atoms with Crippen LogP contribution >= 0.6 is 11.3 Å². The fraction of sp³-hybridized carbons (Fsp3) is 0.583. The number of nitrogens with zero attached hydrogens (tertiary/aromatic N) is 2. The van der Waals surface area contributed by atoms with E-state index in [4.69, 9.17) is 4.74 Å². The Morgan fingerprint density at radius 2 is 2.53 bits per heavy atom. The number of likely N-dealkylation sites (tertiary alicyclic amines) is 1. The van der Waals surface area contributed by atoms with Gasteiger partial charge in [0, 0.05) is 31.7 Å². The number of ether oxygens (including phenoxy) is 1. The molecule has 1 aliphatic rings. The molecule has 0 aromatic carbocycles. The number of anilines is 1. The first-order valence-electron chi connectivity index (χ1n) is 6.10. The highest BCUT2D eigenvalue weighted by Crippen LogP contribution is 2.22. The number of methoxy groups -OCH3 is 1. The third kappa shape index (κ3) is 3.30. The fourth-order valence-corrected chi connectivity index (χ4v) is 2.69. The molecule has 1 aromatic heterocycles. The van der Waals surface area contributed by atoms with Crippen LogP contribution < -0.4 is 5.32 Å². The monoisotopic (exact) mass is 283 g/mol. The normalized spacial score (nSPS) is 20.6. The Kier molecular flexibility index (Phi) is 4.49. The highest BCUT2D eigenvalue weighted by Gasteiger charge is 2.36. The Labute approximate surface area is 115 Å². The molecule has 0 spiro atoms. The van der Waals surface area contributed by atoms with Gasteiger partial charge in [0.15, 0.2) is 5.13 Å². The van der Waals surface area contributed by atoms with Gasteiger partial charge < -0.3 is 15.0 Å². The van der Waals surface area contributed by atoms with Gasteiger partial charge in [-0.25, -0.2) is 4.98 Å². The lowest BCUT2D eigenvalue weighted by molar-refractivity contribution is -0.130. The molecule has 2 amide bonds. The lowest BCUT2D eigenvalue weighted by Gasteiger charge is -2.23. The van der Waals surface area contributed by atoms with Gasteiger partial charge in [-0.15, -0.1) is 11.3 Å².